The number of ether oxygens (including phenoxy) is 1. The van der Waals surface area contributed by atoms with Crippen molar-refractivity contribution in [2.75, 3.05) is 0 Å². The summed E-state index contributed by atoms with van der Waals surface area (Å²) < 4.78 is 7.61. The minimum absolute atomic E-state index is 0.830. The van der Waals surface area contributed by atoms with E-state index in [-0.39, 0.29) is 0 Å². The molecule has 3 nitrogen and oxygen atoms in total. The number of nitrogens with zero attached hydrogens (tertiary/aromatic N) is 2. The Balaban J connectivity index is 1.96. The Morgan fingerprint density at radius 1 is 1.00 bits per heavy atom. The fourth-order valence-electron chi connectivity index (χ4n) is 1.83. The Hall–Kier alpha value is -2.29. The van der Waals surface area contributed by atoms with Crippen LogP contribution in [0.25, 0.3) is 10.9 Å². The summed E-state index contributed by atoms with van der Waals surface area (Å²) in [7, 11) is 1.93. The quantitative estimate of drug-likeness (QED) is 0.667. The van der Waals surface area contributed by atoms with Gasteiger partial charge in [-0.2, -0.15) is 5.10 Å². The lowest BCUT2D eigenvalue weighted by Crippen LogP contribution is -1.88. The van der Waals surface area contributed by atoms with Gasteiger partial charge in [-0.05, 0) is 30.3 Å². The van der Waals surface area contributed by atoms with E-state index >= 15 is 0 Å². The third-order valence-corrected chi connectivity index (χ3v) is 2.70. The highest BCUT2D eigenvalue weighted by Gasteiger charge is 2.02. The van der Waals surface area contributed by atoms with Crippen LogP contribution in [0.5, 0.6) is 11.5 Å². The fraction of sp³-hybridized carbons (Fsp3) is 0.0714. The summed E-state index contributed by atoms with van der Waals surface area (Å²) in [5.74, 6) is 1.67. The maximum absolute atomic E-state index is 5.76. The first-order valence-corrected chi connectivity index (χ1v) is 5.47. The second kappa shape index (κ2) is 3.94. The van der Waals surface area contributed by atoms with E-state index in [0.717, 1.165) is 22.4 Å². The maximum Gasteiger partial charge on any atom is 0.128 e. The Morgan fingerprint density at radius 3 is 2.65 bits per heavy atom. The van der Waals surface area contributed by atoms with E-state index in [0.29, 0.717) is 0 Å². The van der Waals surface area contributed by atoms with Crippen molar-refractivity contribution in [3.05, 3.63) is 54.7 Å². The molecule has 0 saturated heterocycles. The topological polar surface area (TPSA) is 27.1 Å². The lowest BCUT2D eigenvalue weighted by molar-refractivity contribution is 0.483. The number of hydrogen-bond donors (Lipinski definition) is 0. The van der Waals surface area contributed by atoms with Crippen molar-refractivity contribution in [1.82, 2.24) is 9.78 Å². The van der Waals surface area contributed by atoms with Crippen LogP contribution in [0.3, 0.4) is 0 Å². The van der Waals surface area contributed by atoms with Gasteiger partial charge in [0.1, 0.15) is 11.5 Å². The highest BCUT2D eigenvalue weighted by molar-refractivity contribution is 5.80. The van der Waals surface area contributed by atoms with E-state index in [1.54, 1.807) is 0 Å². The Morgan fingerprint density at radius 2 is 1.82 bits per heavy atom. The average molecular weight is 224 g/mol. The first kappa shape index (κ1) is 9.90. The number of benzene rings is 2. The van der Waals surface area contributed by atoms with Gasteiger partial charge in [0.25, 0.3) is 0 Å². The molecule has 0 aliphatic heterocycles. The third kappa shape index (κ3) is 1.87. The van der Waals surface area contributed by atoms with Crippen LogP contribution in [0.15, 0.2) is 54.7 Å². The Labute approximate surface area is 99.3 Å². The number of hydrogen-bond acceptors (Lipinski definition) is 2. The predicted molar refractivity (Wildman–Crippen MR) is 67.2 cm³/mol. The summed E-state index contributed by atoms with van der Waals surface area (Å²) in [6.07, 6.45) is 1.84. The van der Waals surface area contributed by atoms with Crippen molar-refractivity contribution in [3.8, 4) is 11.5 Å². The van der Waals surface area contributed by atoms with E-state index in [1.165, 1.54) is 0 Å². The zero-order valence-electron chi connectivity index (χ0n) is 9.50. The van der Waals surface area contributed by atoms with Gasteiger partial charge in [-0.25, -0.2) is 0 Å². The van der Waals surface area contributed by atoms with Crippen LogP contribution in [0, 0.1) is 0 Å². The summed E-state index contributed by atoms with van der Waals surface area (Å²) in [6.45, 7) is 0. The van der Waals surface area contributed by atoms with Gasteiger partial charge in [0.15, 0.2) is 0 Å². The number of aromatic nitrogens is 2. The zero-order chi connectivity index (χ0) is 11.7. The van der Waals surface area contributed by atoms with Crippen molar-refractivity contribution in [3.63, 3.8) is 0 Å². The number of para-hydroxylation sites is 1. The lowest BCUT2D eigenvalue weighted by Gasteiger charge is -2.05. The van der Waals surface area contributed by atoms with Crippen LogP contribution < -0.4 is 4.74 Å². The van der Waals surface area contributed by atoms with E-state index in [9.17, 15) is 0 Å². The van der Waals surface area contributed by atoms with Gasteiger partial charge >= 0.3 is 0 Å². The monoisotopic (exact) mass is 224 g/mol. The van der Waals surface area contributed by atoms with Crippen molar-refractivity contribution in [2.24, 2.45) is 7.05 Å². The van der Waals surface area contributed by atoms with Crippen LogP contribution in [0.1, 0.15) is 0 Å². The summed E-state index contributed by atoms with van der Waals surface area (Å²) in [5.41, 5.74) is 1.10. The van der Waals surface area contributed by atoms with Crippen LogP contribution in [-0.2, 0) is 7.05 Å². The minimum Gasteiger partial charge on any atom is -0.457 e. The lowest BCUT2D eigenvalue weighted by atomic mass is 10.2. The molecular formula is C14H12N2O. The van der Waals surface area contributed by atoms with Gasteiger partial charge in [0.2, 0.25) is 0 Å². The number of fused-ring (bicyclic) bond motifs is 1. The Kier molecular flexibility index (Phi) is 2.29. The summed E-state index contributed by atoms with van der Waals surface area (Å²) >= 11 is 0. The third-order valence-electron chi connectivity index (χ3n) is 2.70. The largest absolute Gasteiger partial charge is 0.457 e. The molecule has 0 aliphatic carbocycles. The molecule has 3 heteroatoms. The molecule has 0 fully saturated rings. The second-order valence-corrected chi connectivity index (χ2v) is 3.90. The fourth-order valence-corrected chi connectivity index (χ4v) is 1.83. The van der Waals surface area contributed by atoms with E-state index in [4.69, 9.17) is 4.74 Å². The molecule has 0 bridgehead atoms. The summed E-state index contributed by atoms with van der Waals surface area (Å²) in [6, 6.07) is 15.7. The Bertz CT molecular complexity index is 644. The van der Waals surface area contributed by atoms with Gasteiger partial charge in [-0.1, -0.05) is 18.2 Å². The molecule has 0 radical (unpaired) electrons. The molecule has 0 amide bonds. The average Bonchev–Trinajstić information content (AvgIpc) is 2.72. The van der Waals surface area contributed by atoms with E-state index < -0.39 is 0 Å². The molecule has 3 rings (SSSR count). The minimum atomic E-state index is 0.830. The molecule has 3 aromatic rings. The molecule has 0 saturated carbocycles. The van der Waals surface area contributed by atoms with Gasteiger partial charge in [0, 0.05) is 12.4 Å². The number of rotatable bonds is 2. The molecule has 1 aromatic heterocycles. The van der Waals surface area contributed by atoms with Crippen molar-refractivity contribution < 1.29 is 4.74 Å². The van der Waals surface area contributed by atoms with Crippen molar-refractivity contribution in [1.29, 1.82) is 0 Å². The van der Waals surface area contributed by atoms with E-state index in [1.807, 2.05) is 66.5 Å². The maximum atomic E-state index is 5.76. The molecular weight excluding hydrogens is 212 g/mol. The highest BCUT2D eigenvalue weighted by Crippen LogP contribution is 2.24. The molecule has 0 unspecified atom stereocenters. The predicted octanol–water partition coefficient (Wildman–Crippen LogP) is 3.37. The van der Waals surface area contributed by atoms with Crippen molar-refractivity contribution in [2.45, 2.75) is 0 Å². The molecule has 1 heterocycles. The van der Waals surface area contributed by atoms with Gasteiger partial charge in [0.05, 0.1) is 11.7 Å². The molecule has 17 heavy (non-hydrogen) atoms. The summed E-state index contributed by atoms with van der Waals surface area (Å²) in [4.78, 5) is 0. The molecule has 84 valence electrons. The molecule has 0 N–H and O–H groups in total. The van der Waals surface area contributed by atoms with Crippen LogP contribution in [-0.4, -0.2) is 9.78 Å². The van der Waals surface area contributed by atoms with Crippen LogP contribution in [0.4, 0.5) is 0 Å². The molecule has 0 atom stereocenters. The van der Waals surface area contributed by atoms with Gasteiger partial charge in [-0.15, -0.1) is 0 Å². The SMILES string of the molecule is Cn1ncc2cc(Oc3ccccc3)ccc21. The van der Waals surface area contributed by atoms with Crippen LogP contribution >= 0.6 is 0 Å². The molecule has 2 aromatic carbocycles. The van der Waals surface area contributed by atoms with Gasteiger partial charge < -0.3 is 4.74 Å². The van der Waals surface area contributed by atoms with Gasteiger partial charge in [-0.3, -0.25) is 4.68 Å². The second-order valence-electron chi connectivity index (χ2n) is 3.90. The van der Waals surface area contributed by atoms with Crippen LogP contribution in [0.2, 0.25) is 0 Å². The van der Waals surface area contributed by atoms with Crippen molar-refractivity contribution >= 4 is 10.9 Å². The smallest absolute Gasteiger partial charge is 0.128 e. The molecule has 0 spiro atoms. The first-order valence-electron chi connectivity index (χ1n) is 5.47. The van der Waals surface area contributed by atoms with E-state index in [2.05, 4.69) is 5.10 Å². The summed E-state index contributed by atoms with van der Waals surface area (Å²) in [5, 5.41) is 5.29. The first-order chi connectivity index (χ1) is 8.33. The standard InChI is InChI=1S/C14H12N2O/c1-16-14-8-7-13(9-11(14)10-15-16)17-12-5-3-2-4-6-12/h2-10H,1H3. The number of aryl methyl sites for hydroxylation is 1. The normalized spacial score (nSPS) is 10.6. The zero-order valence-corrected chi connectivity index (χ0v) is 9.50. The molecule has 0 aliphatic rings. The highest BCUT2D eigenvalue weighted by atomic mass is 16.5.